The van der Waals surface area contributed by atoms with Crippen molar-refractivity contribution in [3.63, 3.8) is 0 Å². The number of methoxy groups -OCH3 is 1. The molecule has 0 atom stereocenters. The fourth-order valence-corrected chi connectivity index (χ4v) is 3.21. The second-order valence-corrected chi connectivity index (χ2v) is 6.40. The summed E-state index contributed by atoms with van der Waals surface area (Å²) in [6.07, 6.45) is 4.86. The molecular formula is C18H24N2O3. The molecule has 0 spiro atoms. The minimum atomic E-state index is 0.00576. The molecule has 1 saturated carbocycles. The van der Waals surface area contributed by atoms with Gasteiger partial charge in [-0.25, -0.2) is 0 Å². The number of para-hydroxylation sites is 1. The molecule has 0 unspecified atom stereocenters. The van der Waals surface area contributed by atoms with Gasteiger partial charge >= 0.3 is 0 Å². The van der Waals surface area contributed by atoms with Gasteiger partial charge in [-0.05, 0) is 37.8 Å². The van der Waals surface area contributed by atoms with Crippen molar-refractivity contribution in [1.29, 1.82) is 0 Å². The molecule has 0 radical (unpaired) electrons. The van der Waals surface area contributed by atoms with Gasteiger partial charge in [0.1, 0.15) is 5.75 Å². The number of nitrogens with zero attached hydrogens (tertiary/aromatic N) is 1. The molecule has 0 bridgehead atoms. The molecular weight excluding hydrogens is 292 g/mol. The van der Waals surface area contributed by atoms with Gasteiger partial charge in [0.25, 0.3) is 5.91 Å². The van der Waals surface area contributed by atoms with Crippen molar-refractivity contribution in [2.45, 2.75) is 38.1 Å². The van der Waals surface area contributed by atoms with Crippen LogP contribution in [0.1, 0.15) is 42.5 Å². The summed E-state index contributed by atoms with van der Waals surface area (Å²) in [6, 6.07) is 7.51. The third-order valence-corrected chi connectivity index (χ3v) is 4.94. The van der Waals surface area contributed by atoms with Crippen molar-refractivity contribution in [2.24, 2.45) is 5.92 Å². The van der Waals surface area contributed by atoms with Crippen LogP contribution in [0.25, 0.3) is 0 Å². The summed E-state index contributed by atoms with van der Waals surface area (Å²) >= 11 is 0. The van der Waals surface area contributed by atoms with Gasteiger partial charge in [0.05, 0.1) is 12.7 Å². The molecule has 0 aromatic heterocycles. The Kier molecular flexibility index (Phi) is 4.84. The van der Waals surface area contributed by atoms with Crippen LogP contribution >= 0.6 is 0 Å². The molecule has 3 rings (SSSR count). The van der Waals surface area contributed by atoms with E-state index in [9.17, 15) is 9.59 Å². The van der Waals surface area contributed by atoms with Gasteiger partial charge in [0.2, 0.25) is 5.91 Å². The molecule has 5 nitrogen and oxygen atoms in total. The summed E-state index contributed by atoms with van der Waals surface area (Å²) in [7, 11) is 1.58. The number of hydrogen-bond donors (Lipinski definition) is 1. The zero-order chi connectivity index (χ0) is 16.2. The Balaban J connectivity index is 1.54. The number of likely N-dealkylation sites (tertiary alicyclic amines) is 1. The smallest absolute Gasteiger partial charge is 0.257 e. The standard InChI is InChI=1S/C18H24N2O3/c1-23-16-8-3-2-7-15(16)18(22)20-11-9-14(10-12-20)19-17(21)13-5-4-6-13/h2-3,7-8,13-14H,4-6,9-12H2,1H3,(H,19,21). The molecule has 1 aromatic rings. The first-order valence-electron chi connectivity index (χ1n) is 8.41. The van der Waals surface area contributed by atoms with Crippen LogP contribution in [0.4, 0.5) is 0 Å². The molecule has 124 valence electrons. The van der Waals surface area contributed by atoms with Crippen molar-refractivity contribution in [2.75, 3.05) is 20.2 Å². The van der Waals surface area contributed by atoms with E-state index in [4.69, 9.17) is 4.74 Å². The van der Waals surface area contributed by atoms with Crippen LogP contribution in [0, 0.1) is 5.92 Å². The number of benzene rings is 1. The Morgan fingerprint density at radius 2 is 1.83 bits per heavy atom. The van der Waals surface area contributed by atoms with Crippen LogP contribution in [-0.2, 0) is 4.79 Å². The van der Waals surface area contributed by atoms with Crippen LogP contribution in [0.15, 0.2) is 24.3 Å². The number of amides is 2. The molecule has 2 aliphatic rings. The number of ether oxygens (including phenoxy) is 1. The predicted molar refractivity (Wildman–Crippen MR) is 87.4 cm³/mol. The van der Waals surface area contributed by atoms with Gasteiger partial charge in [-0.15, -0.1) is 0 Å². The highest BCUT2D eigenvalue weighted by molar-refractivity contribution is 5.97. The van der Waals surface area contributed by atoms with Crippen LogP contribution < -0.4 is 10.1 Å². The zero-order valence-corrected chi connectivity index (χ0v) is 13.6. The lowest BCUT2D eigenvalue weighted by atomic mass is 9.84. The molecule has 1 aliphatic carbocycles. The summed E-state index contributed by atoms with van der Waals surface area (Å²) in [5.74, 6) is 1.04. The SMILES string of the molecule is COc1ccccc1C(=O)N1CCC(NC(=O)C2CCC2)CC1. The van der Waals surface area contributed by atoms with Crippen LogP contribution in [0.3, 0.4) is 0 Å². The second-order valence-electron chi connectivity index (χ2n) is 6.40. The first kappa shape index (κ1) is 15.8. The summed E-state index contributed by atoms with van der Waals surface area (Å²) in [5.41, 5.74) is 0.604. The van der Waals surface area contributed by atoms with Crippen molar-refractivity contribution >= 4 is 11.8 Å². The Labute approximate surface area is 137 Å². The van der Waals surface area contributed by atoms with Gasteiger partial charge in [0, 0.05) is 25.0 Å². The van der Waals surface area contributed by atoms with E-state index in [-0.39, 0.29) is 23.8 Å². The van der Waals surface area contributed by atoms with Crippen molar-refractivity contribution < 1.29 is 14.3 Å². The molecule has 1 saturated heterocycles. The molecule has 1 aliphatic heterocycles. The first-order chi connectivity index (χ1) is 11.2. The van der Waals surface area contributed by atoms with Crippen LogP contribution in [-0.4, -0.2) is 43.0 Å². The van der Waals surface area contributed by atoms with E-state index in [0.29, 0.717) is 24.4 Å². The third kappa shape index (κ3) is 3.49. The number of carbonyl (C=O) groups excluding carboxylic acids is 2. The monoisotopic (exact) mass is 316 g/mol. The molecule has 23 heavy (non-hydrogen) atoms. The lowest BCUT2D eigenvalue weighted by Crippen LogP contribution is -2.48. The molecule has 5 heteroatoms. The van der Waals surface area contributed by atoms with Gasteiger partial charge in [-0.2, -0.15) is 0 Å². The number of carbonyl (C=O) groups is 2. The highest BCUT2D eigenvalue weighted by Crippen LogP contribution is 2.27. The zero-order valence-electron chi connectivity index (χ0n) is 13.6. The predicted octanol–water partition coefficient (Wildman–Crippen LogP) is 2.22. The third-order valence-electron chi connectivity index (χ3n) is 4.94. The number of nitrogens with one attached hydrogen (secondary N) is 1. The molecule has 2 fully saturated rings. The van der Waals surface area contributed by atoms with E-state index < -0.39 is 0 Å². The average molecular weight is 316 g/mol. The Hall–Kier alpha value is -2.04. The van der Waals surface area contributed by atoms with Gasteiger partial charge in [-0.1, -0.05) is 18.6 Å². The summed E-state index contributed by atoms with van der Waals surface area (Å²) in [4.78, 5) is 26.5. The Morgan fingerprint density at radius 3 is 2.43 bits per heavy atom. The first-order valence-corrected chi connectivity index (χ1v) is 8.41. The molecule has 2 amide bonds. The summed E-state index contributed by atoms with van der Waals surface area (Å²) in [5, 5.41) is 3.14. The maximum absolute atomic E-state index is 12.6. The molecule has 1 aromatic carbocycles. The second kappa shape index (κ2) is 7.02. The summed E-state index contributed by atoms with van der Waals surface area (Å²) < 4.78 is 5.27. The maximum atomic E-state index is 12.6. The molecule has 1 N–H and O–H groups in total. The van der Waals surface area contributed by atoms with E-state index in [0.717, 1.165) is 25.7 Å². The Morgan fingerprint density at radius 1 is 1.13 bits per heavy atom. The van der Waals surface area contributed by atoms with E-state index in [1.807, 2.05) is 17.0 Å². The topological polar surface area (TPSA) is 58.6 Å². The van der Waals surface area contributed by atoms with E-state index >= 15 is 0 Å². The lowest BCUT2D eigenvalue weighted by Gasteiger charge is -2.34. The fourth-order valence-electron chi connectivity index (χ4n) is 3.21. The van der Waals surface area contributed by atoms with Crippen LogP contribution in [0.2, 0.25) is 0 Å². The normalized spacial score (nSPS) is 19.1. The van der Waals surface area contributed by atoms with Crippen LogP contribution in [0.5, 0.6) is 5.75 Å². The highest BCUT2D eigenvalue weighted by Gasteiger charge is 2.30. The maximum Gasteiger partial charge on any atom is 0.257 e. The number of piperidine rings is 1. The lowest BCUT2D eigenvalue weighted by molar-refractivity contribution is -0.128. The average Bonchev–Trinajstić information content (AvgIpc) is 2.53. The Bertz CT molecular complexity index is 575. The van der Waals surface area contributed by atoms with Crippen molar-refractivity contribution in [3.8, 4) is 5.75 Å². The minimum absolute atomic E-state index is 0.00576. The van der Waals surface area contributed by atoms with E-state index in [1.54, 1.807) is 19.2 Å². The quantitative estimate of drug-likeness (QED) is 0.926. The molecule has 1 heterocycles. The van der Waals surface area contributed by atoms with Gasteiger partial charge in [-0.3, -0.25) is 9.59 Å². The van der Waals surface area contributed by atoms with Crippen molar-refractivity contribution in [3.05, 3.63) is 29.8 Å². The largest absolute Gasteiger partial charge is 0.496 e. The number of rotatable bonds is 4. The van der Waals surface area contributed by atoms with Gasteiger partial charge in [0.15, 0.2) is 0 Å². The van der Waals surface area contributed by atoms with Crippen molar-refractivity contribution in [1.82, 2.24) is 10.2 Å². The highest BCUT2D eigenvalue weighted by atomic mass is 16.5. The fraction of sp³-hybridized carbons (Fsp3) is 0.556. The minimum Gasteiger partial charge on any atom is -0.496 e. The van der Waals surface area contributed by atoms with Gasteiger partial charge < -0.3 is 15.0 Å². The number of hydrogen-bond acceptors (Lipinski definition) is 3. The van der Waals surface area contributed by atoms with E-state index in [1.165, 1.54) is 6.42 Å². The summed E-state index contributed by atoms with van der Waals surface area (Å²) in [6.45, 7) is 1.35. The van der Waals surface area contributed by atoms with E-state index in [2.05, 4.69) is 5.32 Å².